The van der Waals surface area contributed by atoms with Gasteiger partial charge in [0.05, 0.1) is 18.2 Å². The summed E-state index contributed by atoms with van der Waals surface area (Å²) in [6.07, 6.45) is 7.92. The number of anilines is 1. The van der Waals surface area contributed by atoms with Gasteiger partial charge in [-0.15, -0.1) is 0 Å². The average Bonchev–Trinajstić information content (AvgIpc) is 3.02. The topological polar surface area (TPSA) is 93.0 Å². The largest absolute Gasteiger partial charge is 0.372 e. The fraction of sp³-hybridized carbons (Fsp3) is 0.500. The van der Waals surface area contributed by atoms with Crippen molar-refractivity contribution >= 4 is 15.8 Å². The van der Waals surface area contributed by atoms with Gasteiger partial charge in [-0.05, 0) is 12.8 Å². The summed E-state index contributed by atoms with van der Waals surface area (Å²) in [7, 11) is 0.0504. The van der Waals surface area contributed by atoms with Crippen molar-refractivity contribution in [3.8, 4) is 0 Å². The maximum absolute atomic E-state index is 12.6. The molecular weight excluding hydrogens is 316 g/mol. The molecule has 0 amide bonds. The van der Waals surface area contributed by atoms with E-state index in [2.05, 4.69) is 20.3 Å². The van der Waals surface area contributed by atoms with Gasteiger partial charge in [-0.25, -0.2) is 18.4 Å². The second-order valence-corrected chi connectivity index (χ2v) is 7.52. The zero-order valence-corrected chi connectivity index (χ0v) is 14.0. The van der Waals surface area contributed by atoms with E-state index in [0.717, 1.165) is 24.4 Å². The third-order valence-electron chi connectivity index (χ3n) is 4.07. The molecule has 1 fully saturated rings. The molecule has 0 unspecified atom stereocenters. The van der Waals surface area contributed by atoms with E-state index in [9.17, 15) is 8.42 Å². The van der Waals surface area contributed by atoms with E-state index in [-0.39, 0.29) is 10.9 Å². The first kappa shape index (κ1) is 15.9. The van der Waals surface area contributed by atoms with Gasteiger partial charge in [-0.3, -0.25) is 4.98 Å². The highest BCUT2D eigenvalue weighted by Gasteiger charge is 2.31. The lowest BCUT2D eigenvalue weighted by atomic mass is 9.95. The summed E-state index contributed by atoms with van der Waals surface area (Å²) in [5.41, 5.74) is 0.909. The van der Waals surface area contributed by atoms with Crippen LogP contribution in [0.2, 0.25) is 0 Å². The summed E-state index contributed by atoms with van der Waals surface area (Å²) >= 11 is 0. The third-order valence-corrected chi connectivity index (χ3v) is 5.85. The molecule has 1 aliphatic heterocycles. The number of imidazole rings is 1. The van der Waals surface area contributed by atoms with Crippen LogP contribution in [-0.4, -0.2) is 52.4 Å². The first-order chi connectivity index (χ1) is 11.0. The summed E-state index contributed by atoms with van der Waals surface area (Å²) in [6, 6.07) is 0. The van der Waals surface area contributed by atoms with E-state index in [1.165, 1.54) is 16.8 Å². The Labute approximate surface area is 135 Å². The van der Waals surface area contributed by atoms with Gasteiger partial charge in [0.1, 0.15) is 5.82 Å². The standard InChI is InChI=1S/C14H20N6O2S/c1-15-13-8-16-7-12(18-13)11-3-5-20(6-4-11)23(21,22)14-9-19(2)10-17-14/h7-11H,3-6H2,1-2H3,(H,15,18). The lowest BCUT2D eigenvalue weighted by Crippen LogP contribution is -2.38. The molecule has 124 valence electrons. The highest BCUT2D eigenvalue weighted by molar-refractivity contribution is 7.89. The molecular formula is C14H20N6O2S. The van der Waals surface area contributed by atoms with Crippen LogP contribution in [0.4, 0.5) is 5.82 Å². The average molecular weight is 336 g/mol. The second-order valence-electron chi connectivity index (χ2n) is 5.63. The minimum atomic E-state index is -3.51. The highest BCUT2D eigenvalue weighted by Crippen LogP contribution is 2.29. The van der Waals surface area contributed by atoms with Crippen LogP contribution in [0.15, 0.2) is 29.9 Å². The van der Waals surface area contributed by atoms with Crippen LogP contribution in [0.5, 0.6) is 0 Å². The minimum absolute atomic E-state index is 0.107. The van der Waals surface area contributed by atoms with E-state index in [1.807, 2.05) is 0 Å². The van der Waals surface area contributed by atoms with Crippen LogP contribution >= 0.6 is 0 Å². The van der Waals surface area contributed by atoms with Crippen LogP contribution in [0.25, 0.3) is 0 Å². The Morgan fingerprint density at radius 1 is 1.26 bits per heavy atom. The monoisotopic (exact) mass is 336 g/mol. The third kappa shape index (κ3) is 3.20. The predicted molar refractivity (Wildman–Crippen MR) is 85.5 cm³/mol. The molecule has 8 nitrogen and oxygen atoms in total. The number of rotatable bonds is 4. The molecule has 0 spiro atoms. The van der Waals surface area contributed by atoms with E-state index in [1.54, 1.807) is 31.1 Å². The Kier molecular flexibility index (Phi) is 4.31. The van der Waals surface area contributed by atoms with Gasteiger partial charge in [0.15, 0.2) is 5.03 Å². The van der Waals surface area contributed by atoms with Gasteiger partial charge < -0.3 is 9.88 Å². The van der Waals surface area contributed by atoms with Crippen molar-refractivity contribution < 1.29 is 8.42 Å². The van der Waals surface area contributed by atoms with Crippen molar-refractivity contribution in [2.24, 2.45) is 7.05 Å². The number of aromatic nitrogens is 4. The molecule has 0 radical (unpaired) electrons. The second kappa shape index (κ2) is 6.25. The normalized spacial score (nSPS) is 17.3. The predicted octanol–water partition coefficient (Wildman–Crippen LogP) is 0.820. The smallest absolute Gasteiger partial charge is 0.262 e. The number of aryl methyl sites for hydroxylation is 1. The molecule has 2 aromatic rings. The SMILES string of the molecule is CNc1cncc(C2CCN(S(=O)(=O)c3cn(C)cn3)CC2)n1. The fourth-order valence-corrected chi connectivity index (χ4v) is 4.18. The zero-order valence-electron chi connectivity index (χ0n) is 13.2. The summed E-state index contributed by atoms with van der Waals surface area (Å²) in [6.45, 7) is 0.935. The van der Waals surface area contributed by atoms with E-state index in [4.69, 9.17) is 0 Å². The van der Waals surface area contributed by atoms with Crippen LogP contribution < -0.4 is 5.32 Å². The number of nitrogens with zero attached hydrogens (tertiary/aromatic N) is 5. The molecule has 23 heavy (non-hydrogen) atoms. The summed E-state index contributed by atoms with van der Waals surface area (Å²) in [4.78, 5) is 12.7. The molecule has 9 heteroatoms. The van der Waals surface area contributed by atoms with Crippen LogP contribution in [0.1, 0.15) is 24.5 Å². The quantitative estimate of drug-likeness (QED) is 0.888. The molecule has 0 aromatic carbocycles. The maximum atomic E-state index is 12.6. The Morgan fingerprint density at radius 2 is 2.00 bits per heavy atom. The van der Waals surface area contributed by atoms with Crippen LogP contribution in [-0.2, 0) is 17.1 Å². The lowest BCUT2D eigenvalue weighted by Gasteiger charge is -2.30. The van der Waals surface area contributed by atoms with Crippen molar-refractivity contribution in [2.75, 3.05) is 25.5 Å². The molecule has 0 atom stereocenters. The van der Waals surface area contributed by atoms with Crippen molar-refractivity contribution in [2.45, 2.75) is 23.8 Å². The minimum Gasteiger partial charge on any atom is -0.372 e. The first-order valence-corrected chi connectivity index (χ1v) is 8.92. The number of hydrogen-bond acceptors (Lipinski definition) is 6. The van der Waals surface area contributed by atoms with Crippen LogP contribution in [0.3, 0.4) is 0 Å². The molecule has 3 rings (SSSR count). The molecule has 0 saturated carbocycles. The number of piperidine rings is 1. The van der Waals surface area contributed by atoms with Gasteiger partial charge >= 0.3 is 0 Å². The van der Waals surface area contributed by atoms with Crippen molar-refractivity contribution in [3.05, 3.63) is 30.6 Å². The highest BCUT2D eigenvalue weighted by atomic mass is 32.2. The summed E-state index contributed by atoms with van der Waals surface area (Å²) < 4.78 is 28.3. The molecule has 1 N–H and O–H groups in total. The Balaban J connectivity index is 1.70. The molecule has 1 aliphatic rings. The lowest BCUT2D eigenvalue weighted by molar-refractivity contribution is 0.315. The van der Waals surface area contributed by atoms with Gasteiger partial charge in [-0.2, -0.15) is 4.31 Å². The fourth-order valence-electron chi connectivity index (χ4n) is 2.74. The Hall–Kier alpha value is -2.00. The summed E-state index contributed by atoms with van der Waals surface area (Å²) in [5, 5.41) is 3.08. The first-order valence-electron chi connectivity index (χ1n) is 7.48. The van der Waals surface area contributed by atoms with Crippen LogP contribution in [0, 0.1) is 0 Å². The van der Waals surface area contributed by atoms with E-state index < -0.39 is 10.0 Å². The molecule has 0 aliphatic carbocycles. The maximum Gasteiger partial charge on any atom is 0.262 e. The molecule has 3 heterocycles. The van der Waals surface area contributed by atoms with Gasteiger partial charge in [0, 0.05) is 45.5 Å². The van der Waals surface area contributed by atoms with Gasteiger partial charge in [0.2, 0.25) is 0 Å². The molecule has 0 bridgehead atoms. The van der Waals surface area contributed by atoms with Crippen molar-refractivity contribution in [1.29, 1.82) is 0 Å². The number of sulfonamides is 1. The van der Waals surface area contributed by atoms with Gasteiger partial charge in [-0.1, -0.05) is 0 Å². The Morgan fingerprint density at radius 3 is 2.61 bits per heavy atom. The Bertz CT molecular complexity index is 780. The van der Waals surface area contributed by atoms with Crippen molar-refractivity contribution in [3.63, 3.8) is 0 Å². The summed E-state index contributed by atoms with van der Waals surface area (Å²) in [5.74, 6) is 0.956. The number of nitrogens with one attached hydrogen (secondary N) is 1. The van der Waals surface area contributed by atoms with E-state index >= 15 is 0 Å². The number of hydrogen-bond donors (Lipinski definition) is 1. The molecule has 2 aromatic heterocycles. The van der Waals surface area contributed by atoms with E-state index in [0.29, 0.717) is 13.1 Å². The molecule has 1 saturated heterocycles. The van der Waals surface area contributed by atoms with Crippen molar-refractivity contribution in [1.82, 2.24) is 23.8 Å². The van der Waals surface area contributed by atoms with Gasteiger partial charge in [0.25, 0.3) is 10.0 Å². The zero-order chi connectivity index (χ0) is 16.4.